The van der Waals surface area contributed by atoms with Crippen molar-refractivity contribution in [2.75, 3.05) is 5.32 Å². The van der Waals surface area contributed by atoms with E-state index in [1.165, 1.54) is 12.1 Å². The molecule has 0 unspecified atom stereocenters. The van der Waals surface area contributed by atoms with Crippen molar-refractivity contribution in [2.24, 2.45) is 5.73 Å². The second-order valence-corrected chi connectivity index (χ2v) is 3.57. The Hall–Kier alpha value is -2.34. The highest BCUT2D eigenvalue weighted by Crippen LogP contribution is 2.06. The van der Waals surface area contributed by atoms with Crippen LogP contribution in [0.4, 0.5) is 10.2 Å². The molecule has 0 spiro atoms. The maximum atomic E-state index is 12.6. The van der Waals surface area contributed by atoms with Gasteiger partial charge in [-0.1, -0.05) is 6.07 Å². The Morgan fingerprint density at radius 1 is 1.22 bits per heavy atom. The van der Waals surface area contributed by atoms with Crippen LogP contribution in [0.25, 0.3) is 0 Å². The number of carbonyl (C=O) groups is 1. The molecule has 0 fully saturated rings. The fourth-order valence-electron chi connectivity index (χ4n) is 1.31. The maximum Gasteiger partial charge on any atom is 0.275 e. The molecular weight excluding hydrogens is 235 g/mol. The molecule has 1 amide bonds. The van der Waals surface area contributed by atoms with Gasteiger partial charge in [-0.05, 0) is 23.8 Å². The van der Waals surface area contributed by atoms with E-state index in [0.29, 0.717) is 12.4 Å². The van der Waals surface area contributed by atoms with E-state index in [1.807, 2.05) is 0 Å². The topological polar surface area (TPSA) is 80.9 Å². The lowest BCUT2D eigenvalue weighted by Gasteiger charge is -2.04. The Kier molecular flexibility index (Phi) is 3.59. The summed E-state index contributed by atoms with van der Waals surface area (Å²) < 4.78 is 12.6. The Labute approximate surface area is 103 Å². The van der Waals surface area contributed by atoms with Gasteiger partial charge >= 0.3 is 0 Å². The summed E-state index contributed by atoms with van der Waals surface area (Å²) in [5, 5.41) is 2.55. The van der Waals surface area contributed by atoms with Crippen LogP contribution in [0, 0.1) is 5.82 Å². The van der Waals surface area contributed by atoms with Crippen molar-refractivity contribution in [3.05, 3.63) is 53.7 Å². The van der Waals surface area contributed by atoms with Crippen molar-refractivity contribution >= 4 is 11.7 Å². The number of amides is 1. The first-order chi connectivity index (χ1) is 8.69. The highest BCUT2D eigenvalue weighted by molar-refractivity contribution is 6.02. The zero-order valence-electron chi connectivity index (χ0n) is 9.43. The van der Waals surface area contributed by atoms with Crippen LogP contribution in [-0.2, 0) is 6.54 Å². The summed E-state index contributed by atoms with van der Waals surface area (Å²) in [6.07, 6.45) is 2.56. The van der Waals surface area contributed by atoms with Crippen LogP contribution >= 0.6 is 0 Å². The van der Waals surface area contributed by atoms with Crippen LogP contribution in [0.3, 0.4) is 0 Å². The normalized spacial score (nSPS) is 10.1. The number of rotatable bonds is 3. The Morgan fingerprint density at radius 2 is 2.06 bits per heavy atom. The molecule has 0 saturated heterocycles. The van der Waals surface area contributed by atoms with E-state index < -0.39 is 11.7 Å². The zero-order chi connectivity index (χ0) is 13.0. The lowest BCUT2D eigenvalue weighted by Crippen LogP contribution is -2.14. The van der Waals surface area contributed by atoms with Crippen molar-refractivity contribution in [1.29, 1.82) is 0 Å². The molecule has 2 aromatic rings. The Balaban J connectivity index is 2.08. The first kappa shape index (κ1) is 12.1. The quantitative estimate of drug-likeness (QED) is 0.856. The van der Waals surface area contributed by atoms with Crippen LogP contribution in [-0.4, -0.2) is 15.9 Å². The molecule has 2 rings (SSSR count). The van der Waals surface area contributed by atoms with E-state index in [4.69, 9.17) is 5.73 Å². The number of halogens is 1. The van der Waals surface area contributed by atoms with Gasteiger partial charge in [-0.15, -0.1) is 0 Å². The van der Waals surface area contributed by atoms with Gasteiger partial charge in [0.2, 0.25) is 0 Å². The maximum absolute atomic E-state index is 12.6. The number of hydrogen-bond donors (Lipinski definition) is 2. The highest BCUT2D eigenvalue weighted by atomic mass is 19.1. The summed E-state index contributed by atoms with van der Waals surface area (Å²) in [5.41, 5.74) is 6.43. The third kappa shape index (κ3) is 2.86. The molecular formula is C12H11FN4O. The largest absolute Gasteiger partial charge is 0.326 e. The molecule has 5 nitrogen and oxygen atoms in total. The van der Waals surface area contributed by atoms with Gasteiger partial charge in [0.15, 0.2) is 0 Å². The fourth-order valence-corrected chi connectivity index (χ4v) is 1.31. The van der Waals surface area contributed by atoms with Crippen molar-refractivity contribution < 1.29 is 9.18 Å². The second kappa shape index (κ2) is 5.33. The number of anilines is 1. The molecule has 0 aromatic carbocycles. The fraction of sp³-hybridized carbons (Fsp3) is 0.0833. The van der Waals surface area contributed by atoms with Gasteiger partial charge in [-0.25, -0.2) is 14.4 Å². The van der Waals surface area contributed by atoms with Gasteiger partial charge in [-0.2, -0.15) is 0 Å². The van der Waals surface area contributed by atoms with Crippen LogP contribution < -0.4 is 11.1 Å². The lowest BCUT2D eigenvalue weighted by molar-refractivity contribution is 0.102. The van der Waals surface area contributed by atoms with Crippen LogP contribution in [0.1, 0.15) is 16.1 Å². The number of pyridine rings is 2. The smallest absolute Gasteiger partial charge is 0.275 e. The minimum absolute atomic E-state index is 0.126. The van der Waals surface area contributed by atoms with E-state index in [-0.39, 0.29) is 5.69 Å². The Morgan fingerprint density at radius 3 is 2.61 bits per heavy atom. The summed E-state index contributed by atoms with van der Waals surface area (Å²) in [6, 6.07) is 5.89. The molecule has 92 valence electrons. The molecule has 0 aliphatic rings. The van der Waals surface area contributed by atoms with E-state index in [2.05, 4.69) is 15.3 Å². The monoisotopic (exact) mass is 246 g/mol. The summed E-state index contributed by atoms with van der Waals surface area (Å²) in [4.78, 5) is 19.4. The number of hydrogen-bond acceptors (Lipinski definition) is 4. The van der Waals surface area contributed by atoms with Crippen LogP contribution in [0.15, 0.2) is 36.7 Å². The van der Waals surface area contributed by atoms with Gasteiger partial charge in [0.05, 0.1) is 6.20 Å². The molecule has 3 N–H and O–H groups in total. The average molecular weight is 246 g/mol. The number of aromatic nitrogens is 2. The van der Waals surface area contributed by atoms with E-state index >= 15 is 0 Å². The SMILES string of the molecule is NCc1ccc(NC(=O)c2ccc(F)cn2)nc1. The zero-order valence-corrected chi connectivity index (χ0v) is 9.43. The average Bonchev–Trinajstić information content (AvgIpc) is 2.40. The van der Waals surface area contributed by atoms with Crippen molar-refractivity contribution in [3.8, 4) is 0 Å². The first-order valence-corrected chi connectivity index (χ1v) is 5.27. The highest BCUT2D eigenvalue weighted by Gasteiger charge is 2.08. The lowest BCUT2D eigenvalue weighted by atomic mass is 10.3. The molecule has 0 aliphatic carbocycles. The van der Waals surface area contributed by atoms with Crippen LogP contribution in [0.5, 0.6) is 0 Å². The van der Waals surface area contributed by atoms with Crippen molar-refractivity contribution in [1.82, 2.24) is 9.97 Å². The van der Waals surface area contributed by atoms with Crippen molar-refractivity contribution in [2.45, 2.75) is 6.54 Å². The predicted molar refractivity (Wildman–Crippen MR) is 64.3 cm³/mol. The van der Waals surface area contributed by atoms with Gasteiger partial charge in [-0.3, -0.25) is 4.79 Å². The molecule has 18 heavy (non-hydrogen) atoms. The third-order valence-corrected chi connectivity index (χ3v) is 2.26. The van der Waals surface area contributed by atoms with Gasteiger partial charge in [0.1, 0.15) is 17.3 Å². The molecule has 0 saturated carbocycles. The molecule has 6 heteroatoms. The van der Waals surface area contributed by atoms with E-state index in [9.17, 15) is 9.18 Å². The minimum atomic E-state index is -0.489. The number of nitrogens with two attached hydrogens (primary N) is 1. The molecule has 2 heterocycles. The van der Waals surface area contributed by atoms with Crippen molar-refractivity contribution in [3.63, 3.8) is 0 Å². The summed E-state index contributed by atoms with van der Waals surface area (Å²) in [7, 11) is 0. The number of carbonyl (C=O) groups excluding carboxylic acids is 1. The molecule has 0 aliphatic heterocycles. The minimum Gasteiger partial charge on any atom is -0.326 e. The van der Waals surface area contributed by atoms with Gasteiger partial charge in [0, 0.05) is 12.7 Å². The third-order valence-electron chi connectivity index (χ3n) is 2.26. The van der Waals surface area contributed by atoms with Crippen LogP contribution in [0.2, 0.25) is 0 Å². The molecule has 2 aromatic heterocycles. The summed E-state index contributed by atoms with van der Waals surface area (Å²) >= 11 is 0. The molecule has 0 atom stereocenters. The molecule has 0 bridgehead atoms. The second-order valence-electron chi connectivity index (χ2n) is 3.57. The first-order valence-electron chi connectivity index (χ1n) is 5.27. The summed E-state index contributed by atoms with van der Waals surface area (Å²) in [5.74, 6) is -0.539. The van der Waals surface area contributed by atoms with E-state index in [0.717, 1.165) is 11.8 Å². The van der Waals surface area contributed by atoms with Gasteiger partial charge in [0.25, 0.3) is 5.91 Å². The molecule has 0 radical (unpaired) electrons. The van der Waals surface area contributed by atoms with E-state index in [1.54, 1.807) is 18.3 Å². The number of nitrogens with zero attached hydrogens (tertiary/aromatic N) is 2. The standard InChI is InChI=1S/C12H11FN4O/c13-9-2-3-10(15-7-9)12(18)17-11-4-1-8(5-14)6-16-11/h1-4,6-7H,5,14H2,(H,16,17,18). The Bertz CT molecular complexity index is 539. The number of nitrogens with one attached hydrogen (secondary N) is 1. The predicted octanol–water partition coefficient (Wildman–Crippen LogP) is 1.33. The summed E-state index contributed by atoms with van der Waals surface area (Å²) in [6.45, 7) is 0.390. The van der Waals surface area contributed by atoms with Gasteiger partial charge < -0.3 is 11.1 Å².